The van der Waals surface area contributed by atoms with Gasteiger partial charge in [0.25, 0.3) is 0 Å². The number of hydrogen-bond acceptors (Lipinski definition) is 4. The van der Waals surface area contributed by atoms with Crippen molar-refractivity contribution >= 4 is 25.8 Å². The maximum absolute atomic E-state index is 11.6. The van der Waals surface area contributed by atoms with E-state index >= 15 is 0 Å². The molecule has 6 heteroatoms. The first kappa shape index (κ1) is 16.8. The van der Waals surface area contributed by atoms with Crippen molar-refractivity contribution < 1.29 is 13.2 Å². The minimum absolute atomic E-state index is 0.0677. The molecule has 4 nitrogen and oxygen atoms in total. The molecular formula is C15H22BrNO3S. The second-order valence-corrected chi connectivity index (χ2v) is 8.58. The van der Waals surface area contributed by atoms with Crippen molar-refractivity contribution in [2.45, 2.75) is 38.8 Å². The zero-order valence-corrected chi connectivity index (χ0v) is 14.7. The van der Waals surface area contributed by atoms with Crippen LogP contribution in [0.15, 0.2) is 22.7 Å². The van der Waals surface area contributed by atoms with Crippen molar-refractivity contribution in [3.05, 3.63) is 28.2 Å². The zero-order chi connectivity index (χ0) is 15.3. The Balaban J connectivity index is 1.82. The molecule has 0 atom stereocenters. The van der Waals surface area contributed by atoms with E-state index in [1.165, 1.54) is 18.4 Å². The molecule has 1 saturated carbocycles. The van der Waals surface area contributed by atoms with Gasteiger partial charge in [0.1, 0.15) is 12.4 Å². The fourth-order valence-corrected chi connectivity index (χ4v) is 3.72. The molecule has 2 rings (SSSR count). The average Bonchev–Trinajstić information content (AvgIpc) is 3.22. The lowest BCUT2D eigenvalue weighted by atomic mass is 10.2. The maximum Gasteiger partial charge on any atom is 0.153 e. The fourth-order valence-electron chi connectivity index (χ4n) is 2.01. The highest BCUT2D eigenvalue weighted by molar-refractivity contribution is 9.10. The minimum atomic E-state index is -2.98. The molecule has 1 fully saturated rings. The SMILES string of the molecule is CCCS(=O)(=O)CCOc1ccc(CNC2CC2)cc1Br. The Bertz CT molecular complexity index is 570. The third-order valence-electron chi connectivity index (χ3n) is 3.34. The summed E-state index contributed by atoms with van der Waals surface area (Å²) < 4.78 is 29.7. The van der Waals surface area contributed by atoms with E-state index in [4.69, 9.17) is 4.74 Å². The molecule has 0 heterocycles. The summed E-state index contributed by atoms with van der Waals surface area (Å²) in [7, 11) is -2.98. The Morgan fingerprint density at radius 3 is 2.71 bits per heavy atom. The predicted octanol–water partition coefficient (Wildman–Crippen LogP) is 2.90. The second-order valence-electron chi connectivity index (χ2n) is 5.42. The lowest BCUT2D eigenvalue weighted by Crippen LogP contribution is -2.17. The van der Waals surface area contributed by atoms with Crippen LogP contribution in [-0.2, 0) is 16.4 Å². The Labute approximate surface area is 135 Å². The lowest BCUT2D eigenvalue weighted by molar-refractivity contribution is 0.338. The quantitative estimate of drug-likeness (QED) is 0.720. The molecule has 0 amide bonds. The van der Waals surface area contributed by atoms with Gasteiger partial charge in [-0.25, -0.2) is 8.42 Å². The van der Waals surface area contributed by atoms with Crippen molar-refractivity contribution in [1.82, 2.24) is 5.32 Å². The Morgan fingerprint density at radius 2 is 2.10 bits per heavy atom. The molecule has 1 aromatic carbocycles. The van der Waals surface area contributed by atoms with Gasteiger partial charge in [0, 0.05) is 12.6 Å². The van der Waals surface area contributed by atoms with Gasteiger partial charge < -0.3 is 10.1 Å². The Morgan fingerprint density at radius 1 is 1.33 bits per heavy atom. The van der Waals surface area contributed by atoms with Gasteiger partial charge in [-0.2, -0.15) is 0 Å². The van der Waals surface area contributed by atoms with Crippen LogP contribution in [0.5, 0.6) is 5.75 Å². The van der Waals surface area contributed by atoms with Gasteiger partial charge in [-0.15, -0.1) is 0 Å². The van der Waals surface area contributed by atoms with Crippen molar-refractivity contribution in [2.24, 2.45) is 0 Å². The summed E-state index contributed by atoms with van der Waals surface area (Å²) in [5.74, 6) is 0.985. The molecule has 1 N–H and O–H groups in total. The highest BCUT2D eigenvalue weighted by Gasteiger charge is 2.20. The highest BCUT2D eigenvalue weighted by Crippen LogP contribution is 2.27. The summed E-state index contributed by atoms with van der Waals surface area (Å²) in [5, 5.41) is 3.46. The van der Waals surface area contributed by atoms with Gasteiger partial charge in [-0.05, 0) is 52.9 Å². The smallest absolute Gasteiger partial charge is 0.153 e. The largest absolute Gasteiger partial charge is 0.491 e. The first-order chi connectivity index (χ1) is 10.00. The molecular weight excluding hydrogens is 354 g/mol. The van der Waals surface area contributed by atoms with Crippen LogP contribution in [0.25, 0.3) is 0 Å². The van der Waals surface area contributed by atoms with Gasteiger partial charge in [-0.3, -0.25) is 0 Å². The van der Waals surface area contributed by atoms with E-state index in [1.54, 1.807) is 0 Å². The molecule has 0 radical (unpaired) electrons. The molecule has 118 valence electrons. The van der Waals surface area contributed by atoms with Crippen LogP contribution in [0.4, 0.5) is 0 Å². The summed E-state index contributed by atoms with van der Waals surface area (Å²) in [6, 6.07) is 6.60. The van der Waals surface area contributed by atoms with Crippen LogP contribution in [-0.4, -0.2) is 32.6 Å². The zero-order valence-electron chi connectivity index (χ0n) is 12.3. The van der Waals surface area contributed by atoms with E-state index < -0.39 is 9.84 Å². The van der Waals surface area contributed by atoms with Crippen molar-refractivity contribution in [1.29, 1.82) is 0 Å². The van der Waals surface area contributed by atoms with E-state index in [0.717, 1.165) is 11.0 Å². The Hall–Kier alpha value is -0.590. The third kappa shape index (κ3) is 5.96. The van der Waals surface area contributed by atoms with Crippen molar-refractivity contribution in [3.63, 3.8) is 0 Å². The molecule has 1 aliphatic carbocycles. The van der Waals surface area contributed by atoms with E-state index in [2.05, 4.69) is 21.2 Å². The summed E-state index contributed by atoms with van der Waals surface area (Å²) in [6.07, 6.45) is 3.19. The van der Waals surface area contributed by atoms with Crippen LogP contribution in [0.3, 0.4) is 0 Å². The molecule has 0 spiro atoms. The Kier molecular flexibility index (Phi) is 6.08. The topological polar surface area (TPSA) is 55.4 Å². The molecule has 0 aromatic heterocycles. The lowest BCUT2D eigenvalue weighted by Gasteiger charge is -2.10. The number of ether oxygens (including phenoxy) is 1. The number of rotatable bonds is 9. The number of sulfone groups is 1. The molecule has 0 aliphatic heterocycles. The maximum atomic E-state index is 11.6. The van der Waals surface area contributed by atoms with Gasteiger partial charge in [-0.1, -0.05) is 13.0 Å². The highest BCUT2D eigenvalue weighted by atomic mass is 79.9. The molecule has 1 aromatic rings. The standard InChI is InChI=1S/C15H22BrNO3S/c1-2-8-21(18,19)9-7-20-15-6-3-12(10-14(15)16)11-17-13-4-5-13/h3,6,10,13,17H,2,4-5,7-9,11H2,1H3. The van der Waals surface area contributed by atoms with E-state index in [1.807, 2.05) is 25.1 Å². The van der Waals surface area contributed by atoms with Crippen molar-refractivity contribution in [3.8, 4) is 5.75 Å². The average molecular weight is 376 g/mol. The predicted molar refractivity (Wildman–Crippen MR) is 88.4 cm³/mol. The molecule has 0 saturated heterocycles. The molecule has 0 bridgehead atoms. The minimum Gasteiger partial charge on any atom is -0.491 e. The fraction of sp³-hybridized carbons (Fsp3) is 0.600. The number of hydrogen-bond donors (Lipinski definition) is 1. The molecule has 21 heavy (non-hydrogen) atoms. The summed E-state index contributed by atoms with van der Waals surface area (Å²) in [5.41, 5.74) is 1.19. The number of halogens is 1. The first-order valence-corrected chi connectivity index (χ1v) is 9.96. The van der Waals surface area contributed by atoms with Crippen molar-refractivity contribution in [2.75, 3.05) is 18.1 Å². The van der Waals surface area contributed by atoms with Crippen LogP contribution in [0.2, 0.25) is 0 Å². The summed E-state index contributed by atoms with van der Waals surface area (Å²) in [4.78, 5) is 0. The van der Waals surface area contributed by atoms with Gasteiger partial charge in [0.15, 0.2) is 9.84 Å². The van der Waals surface area contributed by atoms with Crippen LogP contribution in [0, 0.1) is 0 Å². The second kappa shape index (κ2) is 7.61. The third-order valence-corrected chi connectivity index (χ3v) is 5.77. The van der Waals surface area contributed by atoms with Gasteiger partial charge in [0.2, 0.25) is 0 Å². The monoisotopic (exact) mass is 375 g/mol. The van der Waals surface area contributed by atoms with Gasteiger partial charge in [0.05, 0.1) is 16.0 Å². The number of benzene rings is 1. The van der Waals surface area contributed by atoms with E-state index in [-0.39, 0.29) is 18.1 Å². The molecule has 0 unspecified atom stereocenters. The van der Waals surface area contributed by atoms with Crippen LogP contribution >= 0.6 is 15.9 Å². The normalized spacial score (nSPS) is 15.1. The molecule has 1 aliphatic rings. The summed E-state index contributed by atoms with van der Waals surface area (Å²) >= 11 is 3.48. The summed E-state index contributed by atoms with van der Waals surface area (Å²) in [6.45, 7) is 2.92. The number of nitrogens with one attached hydrogen (secondary N) is 1. The van der Waals surface area contributed by atoms with Crippen LogP contribution < -0.4 is 10.1 Å². The van der Waals surface area contributed by atoms with E-state index in [9.17, 15) is 8.42 Å². The first-order valence-electron chi connectivity index (χ1n) is 7.35. The van der Waals surface area contributed by atoms with Crippen LogP contribution in [0.1, 0.15) is 31.7 Å². The van der Waals surface area contributed by atoms with Gasteiger partial charge >= 0.3 is 0 Å². The van der Waals surface area contributed by atoms with E-state index in [0.29, 0.717) is 18.2 Å².